The van der Waals surface area contributed by atoms with Gasteiger partial charge in [0.15, 0.2) is 5.82 Å². The molecule has 0 saturated carbocycles. The van der Waals surface area contributed by atoms with Crippen molar-refractivity contribution in [3.05, 3.63) is 71.5 Å². The Bertz CT molecular complexity index is 1160. The lowest BCUT2D eigenvalue weighted by atomic mass is 10.1. The van der Waals surface area contributed by atoms with E-state index in [-0.39, 0.29) is 5.91 Å². The van der Waals surface area contributed by atoms with Crippen LogP contribution in [-0.2, 0) is 24.1 Å². The van der Waals surface area contributed by atoms with Crippen LogP contribution in [0.5, 0.6) is 11.5 Å². The van der Waals surface area contributed by atoms with Crippen molar-refractivity contribution < 1.29 is 14.3 Å². The SMILES string of the molecule is COc1cc(CCc2cc(NC(=O)CCc3c[nH]c4ccccc34)n[nH]2)cc(OC)c1. The van der Waals surface area contributed by atoms with Gasteiger partial charge in [-0.2, -0.15) is 5.10 Å². The first kappa shape index (κ1) is 20.5. The normalized spacial score (nSPS) is 10.9. The van der Waals surface area contributed by atoms with Gasteiger partial charge < -0.3 is 19.8 Å². The molecular formula is C24H26N4O3. The Morgan fingerprint density at radius 3 is 2.55 bits per heavy atom. The topological polar surface area (TPSA) is 92.0 Å². The molecule has 0 spiro atoms. The first-order valence-corrected chi connectivity index (χ1v) is 10.3. The molecule has 0 unspecified atom stereocenters. The van der Waals surface area contributed by atoms with Crippen molar-refractivity contribution in [2.75, 3.05) is 19.5 Å². The van der Waals surface area contributed by atoms with Gasteiger partial charge in [-0.25, -0.2) is 0 Å². The standard InChI is InChI=1S/C24H26N4O3/c1-30-19-11-16(12-20(14-19)31-2)7-9-18-13-23(28-27-18)26-24(29)10-8-17-15-25-22-6-4-3-5-21(17)22/h3-6,11-15,25H,7-10H2,1-2H3,(H2,26,27,28,29). The average molecular weight is 418 g/mol. The van der Waals surface area contributed by atoms with Crippen molar-refractivity contribution in [3.8, 4) is 11.5 Å². The second-order valence-corrected chi connectivity index (χ2v) is 7.41. The zero-order valence-electron chi connectivity index (χ0n) is 17.7. The van der Waals surface area contributed by atoms with Gasteiger partial charge >= 0.3 is 0 Å². The van der Waals surface area contributed by atoms with Gasteiger partial charge in [-0.3, -0.25) is 9.89 Å². The lowest BCUT2D eigenvalue weighted by Gasteiger charge is -2.08. The van der Waals surface area contributed by atoms with Crippen LogP contribution in [0.3, 0.4) is 0 Å². The molecule has 4 aromatic rings. The summed E-state index contributed by atoms with van der Waals surface area (Å²) in [5.74, 6) is 2.02. The molecule has 0 aliphatic heterocycles. The smallest absolute Gasteiger partial charge is 0.225 e. The van der Waals surface area contributed by atoms with Crippen molar-refractivity contribution in [2.24, 2.45) is 0 Å². The largest absolute Gasteiger partial charge is 0.497 e. The molecule has 0 aliphatic rings. The van der Waals surface area contributed by atoms with Gasteiger partial charge in [0.25, 0.3) is 0 Å². The fraction of sp³-hybridized carbons (Fsp3) is 0.250. The quantitative estimate of drug-likeness (QED) is 0.379. The summed E-state index contributed by atoms with van der Waals surface area (Å²) in [5.41, 5.74) is 4.29. The van der Waals surface area contributed by atoms with Crippen LogP contribution in [0.15, 0.2) is 54.7 Å². The molecule has 7 heteroatoms. The number of hydrogen-bond donors (Lipinski definition) is 3. The Morgan fingerprint density at radius 2 is 1.77 bits per heavy atom. The minimum atomic E-state index is -0.0548. The van der Waals surface area contributed by atoms with Crippen molar-refractivity contribution in [1.29, 1.82) is 0 Å². The van der Waals surface area contributed by atoms with Gasteiger partial charge in [-0.1, -0.05) is 18.2 Å². The van der Waals surface area contributed by atoms with Crippen LogP contribution in [-0.4, -0.2) is 35.3 Å². The van der Waals surface area contributed by atoms with E-state index >= 15 is 0 Å². The van der Waals surface area contributed by atoms with E-state index in [1.807, 2.05) is 48.7 Å². The fourth-order valence-corrected chi connectivity index (χ4v) is 3.64. The molecule has 3 N–H and O–H groups in total. The number of fused-ring (bicyclic) bond motifs is 1. The lowest BCUT2D eigenvalue weighted by Crippen LogP contribution is -2.12. The van der Waals surface area contributed by atoms with E-state index in [1.54, 1.807) is 14.2 Å². The number of carbonyl (C=O) groups excluding carboxylic acids is 1. The van der Waals surface area contributed by atoms with Crippen LogP contribution < -0.4 is 14.8 Å². The first-order valence-electron chi connectivity index (χ1n) is 10.3. The van der Waals surface area contributed by atoms with Gasteiger partial charge in [-0.15, -0.1) is 0 Å². The fourth-order valence-electron chi connectivity index (χ4n) is 3.64. The molecule has 31 heavy (non-hydrogen) atoms. The number of nitrogens with zero attached hydrogens (tertiary/aromatic N) is 1. The van der Waals surface area contributed by atoms with Crippen LogP contribution in [0.4, 0.5) is 5.82 Å². The van der Waals surface area contributed by atoms with Crippen molar-refractivity contribution >= 4 is 22.6 Å². The number of anilines is 1. The second-order valence-electron chi connectivity index (χ2n) is 7.41. The Balaban J connectivity index is 1.30. The number of ether oxygens (including phenoxy) is 2. The van der Waals surface area contributed by atoms with Gasteiger partial charge in [-0.05, 0) is 48.6 Å². The minimum absolute atomic E-state index is 0.0548. The van der Waals surface area contributed by atoms with Crippen LogP contribution in [0.25, 0.3) is 10.9 Å². The van der Waals surface area contributed by atoms with Crippen molar-refractivity contribution in [3.63, 3.8) is 0 Å². The molecule has 2 aromatic carbocycles. The second kappa shape index (κ2) is 9.38. The van der Waals surface area contributed by atoms with Crippen molar-refractivity contribution in [1.82, 2.24) is 15.2 Å². The predicted molar refractivity (Wildman–Crippen MR) is 121 cm³/mol. The Kier molecular flexibility index (Phi) is 6.21. The summed E-state index contributed by atoms with van der Waals surface area (Å²) >= 11 is 0. The zero-order chi connectivity index (χ0) is 21.6. The highest BCUT2D eigenvalue weighted by Crippen LogP contribution is 2.24. The van der Waals surface area contributed by atoms with E-state index in [0.29, 0.717) is 18.7 Å². The molecule has 0 fully saturated rings. The monoisotopic (exact) mass is 418 g/mol. The molecule has 160 valence electrons. The first-order chi connectivity index (χ1) is 15.1. The lowest BCUT2D eigenvalue weighted by molar-refractivity contribution is -0.116. The molecule has 0 bridgehead atoms. The highest BCUT2D eigenvalue weighted by atomic mass is 16.5. The van der Waals surface area contributed by atoms with Gasteiger partial charge in [0.05, 0.1) is 14.2 Å². The number of aromatic nitrogens is 3. The molecule has 7 nitrogen and oxygen atoms in total. The molecule has 0 aliphatic carbocycles. The van der Waals surface area contributed by atoms with Crippen LogP contribution >= 0.6 is 0 Å². The van der Waals surface area contributed by atoms with Crippen LogP contribution in [0.2, 0.25) is 0 Å². The Hall–Kier alpha value is -3.74. The third kappa shape index (κ3) is 5.06. The van der Waals surface area contributed by atoms with E-state index in [4.69, 9.17) is 9.47 Å². The maximum atomic E-state index is 12.4. The van der Waals surface area contributed by atoms with Gasteiger partial charge in [0.2, 0.25) is 5.91 Å². The molecule has 0 atom stereocenters. The minimum Gasteiger partial charge on any atom is -0.497 e. The predicted octanol–water partition coefficient (Wildman–Crippen LogP) is 4.26. The number of amides is 1. The number of carbonyl (C=O) groups is 1. The van der Waals surface area contributed by atoms with Crippen molar-refractivity contribution in [2.45, 2.75) is 25.7 Å². The highest BCUT2D eigenvalue weighted by molar-refractivity contribution is 5.90. The Morgan fingerprint density at radius 1 is 1.00 bits per heavy atom. The summed E-state index contributed by atoms with van der Waals surface area (Å²) in [6, 6.07) is 15.8. The maximum absolute atomic E-state index is 12.4. The number of hydrogen-bond acceptors (Lipinski definition) is 4. The van der Waals surface area contributed by atoms with Crippen LogP contribution in [0.1, 0.15) is 23.2 Å². The third-order valence-electron chi connectivity index (χ3n) is 5.29. The zero-order valence-corrected chi connectivity index (χ0v) is 17.7. The van der Waals surface area contributed by atoms with Gasteiger partial charge in [0, 0.05) is 41.3 Å². The van der Waals surface area contributed by atoms with E-state index < -0.39 is 0 Å². The molecule has 4 rings (SSSR count). The summed E-state index contributed by atoms with van der Waals surface area (Å²) in [4.78, 5) is 15.6. The summed E-state index contributed by atoms with van der Waals surface area (Å²) < 4.78 is 10.6. The number of benzene rings is 2. The molecule has 2 aromatic heterocycles. The maximum Gasteiger partial charge on any atom is 0.225 e. The van der Waals surface area contributed by atoms with E-state index in [1.165, 1.54) is 0 Å². The molecule has 0 saturated heterocycles. The average Bonchev–Trinajstić information content (AvgIpc) is 3.42. The number of rotatable bonds is 9. The number of para-hydroxylation sites is 1. The summed E-state index contributed by atoms with van der Waals surface area (Å²) in [7, 11) is 3.28. The van der Waals surface area contributed by atoms with Gasteiger partial charge in [0.1, 0.15) is 11.5 Å². The number of H-pyrrole nitrogens is 2. The van der Waals surface area contributed by atoms with E-state index in [0.717, 1.165) is 52.1 Å². The number of aromatic amines is 2. The molecule has 2 heterocycles. The number of methoxy groups -OCH3 is 2. The van der Waals surface area contributed by atoms with Crippen LogP contribution in [0, 0.1) is 0 Å². The summed E-state index contributed by atoms with van der Waals surface area (Å²) in [5, 5.41) is 11.3. The summed E-state index contributed by atoms with van der Waals surface area (Å²) in [6.45, 7) is 0. The molecule has 0 radical (unpaired) electrons. The number of aryl methyl sites for hydroxylation is 3. The molecular weight excluding hydrogens is 392 g/mol. The molecule has 1 amide bonds. The summed E-state index contributed by atoms with van der Waals surface area (Å²) in [6.07, 6.45) is 4.59. The van der Waals surface area contributed by atoms with E-state index in [9.17, 15) is 4.79 Å². The third-order valence-corrected chi connectivity index (χ3v) is 5.29. The Labute approximate surface area is 180 Å². The number of nitrogens with one attached hydrogen (secondary N) is 3. The highest BCUT2D eigenvalue weighted by Gasteiger charge is 2.10. The van der Waals surface area contributed by atoms with E-state index in [2.05, 4.69) is 26.6 Å².